The van der Waals surface area contributed by atoms with Gasteiger partial charge in [0.1, 0.15) is 5.65 Å². The van der Waals surface area contributed by atoms with Gasteiger partial charge in [-0.1, -0.05) is 18.6 Å². The fourth-order valence-electron chi connectivity index (χ4n) is 4.46. The third-order valence-electron chi connectivity index (χ3n) is 6.16. The lowest BCUT2D eigenvalue weighted by atomic mass is 9.80. The van der Waals surface area contributed by atoms with Crippen LogP contribution in [0.2, 0.25) is 0 Å². The Hall–Kier alpha value is -2.87. The van der Waals surface area contributed by atoms with E-state index in [0.29, 0.717) is 18.0 Å². The zero-order chi connectivity index (χ0) is 18.4. The summed E-state index contributed by atoms with van der Waals surface area (Å²) < 4.78 is 1.96. The molecule has 0 unspecified atom stereocenters. The van der Waals surface area contributed by atoms with Crippen molar-refractivity contribution < 1.29 is 0 Å². The number of pyridine rings is 1. The first-order valence-electron chi connectivity index (χ1n) is 9.88. The van der Waals surface area contributed by atoms with E-state index in [1.54, 1.807) is 0 Å². The molecule has 1 N–H and O–H groups in total. The molecule has 2 heterocycles. The van der Waals surface area contributed by atoms with E-state index in [2.05, 4.69) is 11.1 Å². The number of nitriles is 1. The minimum atomic E-state index is 0.0540. The van der Waals surface area contributed by atoms with Crippen LogP contribution in [0, 0.1) is 11.3 Å². The van der Waals surface area contributed by atoms with Crippen LogP contribution in [0.5, 0.6) is 0 Å². The lowest BCUT2D eigenvalue weighted by molar-refractivity contribution is 0.408. The van der Waals surface area contributed by atoms with E-state index < -0.39 is 0 Å². The second-order valence-corrected chi connectivity index (χ2v) is 7.82. The Labute approximate surface area is 157 Å². The molecule has 5 heteroatoms. The summed E-state index contributed by atoms with van der Waals surface area (Å²) in [6, 6.07) is 9.75. The molecule has 0 radical (unpaired) electrons. The smallest absolute Gasteiger partial charge is 0.253 e. The Kier molecular flexibility index (Phi) is 3.86. The molecule has 3 aromatic rings. The van der Waals surface area contributed by atoms with Crippen LogP contribution < -0.4 is 5.56 Å². The normalized spacial score (nSPS) is 16.7. The molecule has 0 spiro atoms. The SMILES string of the molecule is N#Cc1ccc(Cn2nc(C3CCC3)c3c4c(c(=O)[nH]c32)CCCC4)cc1. The number of H-pyrrole nitrogens is 1. The summed E-state index contributed by atoms with van der Waals surface area (Å²) in [5.41, 5.74) is 6.06. The van der Waals surface area contributed by atoms with Gasteiger partial charge in [-0.3, -0.25) is 4.79 Å². The third kappa shape index (κ3) is 2.68. The van der Waals surface area contributed by atoms with Crippen LogP contribution in [-0.2, 0) is 19.4 Å². The van der Waals surface area contributed by atoms with E-state index in [0.717, 1.165) is 42.5 Å². The quantitative estimate of drug-likeness (QED) is 0.774. The monoisotopic (exact) mass is 358 g/mol. The summed E-state index contributed by atoms with van der Waals surface area (Å²) >= 11 is 0. The fourth-order valence-corrected chi connectivity index (χ4v) is 4.46. The van der Waals surface area contributed by atoms with E-state index in [1.807, 2.05) is 28.9 Å². The Balaban J connectivity index is 1.67. The number of aryl methyl sites for hydroxylation is 1. The average molecular weight is 358 g/mol. The van der Waals surface area contributed by atoms with Crippen LogP contribution in [0.15, 0.2) is 29.1 Å². The van der Waals surface area contributed by atoms with Crippen molar-refractivity contribution in [2.24, 2.45) is 0 Å². The van der Waals surface area contributed by atoms with Crippen molar-refractivity contribution in [1.82, 2.24) is 14.8 Å². The zero-order valence-electron chi connectivity index (χ0n) is 15.3. The van der Waals surface area contributed by atoms with Crippen molar-refractivity contribution in [3.63, 3.8) is 0 Å². The summed E-state index contributed by atoms with van der Waals surface area (Å²) in [6.45, 7) is 0.601. The van der Waals surface area contributed by atoms with E-state index >= 15 is 0 Å². The Morgan fingerprint density at radius 3 is 2.52 bits per heavy atom. The van der Waals surface area contributed by atoms with E-state index in [1.165, 1.54) is 35.9 Å². The van der Waals surface area contributed by atoms with Gasteiger partial charge in [0.15, 0.2) is 0 Å². The molecule has 1 fully saturated rings. The number of rotatable bonds is 3. The first-order chi connectivity index (χ1) is 13.2. The largest absolute Gasteiger partial charge is 0.307 e. The molecule has 2 aliphatic rings. The summed E-state index contributed by atoms with van der Waals surface area (Å²) in [5.74, 6) is 0.520. The summed E-state index contributed by atoms with van der Waals surface area (Å²) in [4.78, 5) is 15.8. The zero-order valence-corrected chi connectivity index (χ0v) is 15.3. The maximum Gasteiger partial charge on any atom is 0.253 e. The fraction of sp³-hybridized carbons (Fsp3) is 0.409. The Morgan fingerprint density at radius 1 is 1.11 bits per heavy atom. The highest BCUT2D eigenvalue weighted by Gasteiger charge is 2.29. The number of nitrogens with zero attached hydrogens (tertiary/aromatic N) is 3. The molecule has 0 atom stereocenters. The van der Waals surface area contributed by atoms with E-state index in [-0.39, 0.29) is 5.56 Å². The number of nitrogens with one attached hydrogen (secondary N) is 1. The Bertz CT molecular complexity index is 1110. The maximum atomic E-state index is 12.7. The van der Waals surface area contributed by atoms with Gasteiger partial charge in [-0.25, -0.2) is 4.68 Å². The van der Waals surface area contributed by atoms with Crippen LogP contribution >= 0.6 is 0 Å². The van der Waals surface area contributed by atoms with Gasteiger partial charge in [0.25, 0.3) is 5.56 Å². The highest BCUT2D eigenvalue weighted by atomic mass is 16.1. The minimum absolute atomic E-state index is 0.0540. The molecule has 2 aromatic heterocycles. The van der Waals surface area contributed by atoms with Crippen molar-refractivity contribution in [2.45, 2.75) is 57.4 Å². The first-order valence-corrected chi connectivity index (χ1v) is 9.88. The molecule has 1 saturated carbocycles. The predicted molar refractivity (Wildman–Crippen MR) is 104 cm³/mol. The standard InChI is InChI=1S/C22H22N4O/c23-12-14-8-10-15(11-9-14)13-26-21-19(20(25-26)16-4-3-5-16)17-6-1-2-7-18(17)22(27)24-21/h8-11,16H,1-7,13H2,(H,24,27). The van der Waals surface area contributed by atoms with Crippen LogP contribution in [0.1, 0.15) is 66.0 Å². The highest BCUT2D eigenvalue weighted by molar-refractivity contribution is 5.84. The van der Waals surface area contributed by atoms with Gasteiger partial charge in [0, 0.05) is 16.9 Å². The van der Waals surface area contributed by atoms with Crippen molar-refractivity contribution in [3.05, 3.63) is 62.6 Å². The molecular weight excluding hydrogens is 336 g/mol. The first kappa shape index (κ1) is 16.3. The minimum Gasteiger partial charge on any atom is -0.307 e. The van der Waals surface area contributed by atoms with Crippen LogP contribution in [0.3, 0.4) is 0 Å². The number of aromatic amines is 1. The summed E-state index contributed by atoms with van der Waals surface area (Å²) in [6.07, 6.45) is 7.76. The van der Waals surface area contributed by atoms with Gasteiger partial charge in [-0.2, -0.15) is 10.4 Å². The lowest BCUT2D eigenvalue weighted by Gasteiger charge is -2.25. The van der Waals surface area contributed by atoms with Gasteiger partial charge < -0.3 is 4.98 Å². The van der Waals surface area contributed by atoms with Crippen molar-refractivity contribution >= 4 is 11.0 Å². The van der Waals surface area contributed by atoms with Crippen LogP contribution in [-0.4, -0.2) is 14.8 Å². The molecule has 2 aliphatic carbocycles. The number of hydrogen-bond acceptors (Lipinski definition) is 3. The molecule has 1 aromatic carbocycles. The van der Waals surface area contributed by atoms with Crippen LogP contribution in [0.25, 0.3) is 11.0 Å². The molecule has 0 saturated heterocycles. The maximum absolute atomic E-state index is 12.7. The molecule has 0 bridgehead atoms. The summed E-state index contributed by atoms with van der Waals surface area (Å²) in [7, 11) is 0. The lowest BCUT2D eigenvalue weighted by Crippen LogP contribution is -2.20. The van der Waals surface area contributed by atoms with Crippen LogP contribution in [0.4, 0.5) is 0 Å². The molecule has 136 valence electrons. The molecule has 27 heavy (non-hydrogen) atoms. The van der Waals surface area contributed by atoms with Gasteiger partial charge in [0.2, 0.25) is 0 Å². The van der Waals surface area contributed by atoms with Gasteiger partial charge in [-0.15, -0.1) is 0 Å². The highest BCUT2D eigenvalue weighted by Crippen LogP contribution is 2.41. The second kappa shape index (κ2) is 6.38. The number of benzene rings is 1. The second-order valence-electron chi connectivity index (χ2n) is 7.82. The van der Waals surface area contributed by atoms with Gasteiger partial charge >= 0.3 is 0 Å². The van der Waals surface area contributed by atoms with Gasteiger partial charge in [0.05, 0.1) is 23.9 Å². The predicted octanol–water partition coefficient (Wildman–Crippen LogP) is 3.79. The molecule has 0 amide bonds. The third-order valence-corrected chi connectivity index (χ3v) is 6.16. The van der Waals surface area contributed by atoms with Crippen molar-refractivity contribution in [1.29, 1.82) is 5.26 Å². The number of fused-ring (bicyclic) bond motifs is 3. The molecule has 5 rings (SSSR count). The number of hydrogen-bond donors (Lipinski definition) is 1. The number of aromatic nitrogens is 3. The van der Waals surface area contributed by atoms with Crippen molar-refractivity contribution in [2.75, 3.05) is 0 Å². The summed E-state index contributed by atoms with van der Waals surface area (Å²) in [5, 5.41) is 15.2. The molecule has 5 nitrogen and oxygen atoms in total. The van der Waals surface area contributed by atoms with Crippen molar-refractivity contribution in [3.8, 4) is 6.07 Å². The average Bonchev–Trinajstić information content (AvgIpc) is 2.99. The van der Waals surface area contributed by atoms with E-state index in [9.17, 15) is 4.79 Å². The topological polar surface area (TPSA) is 74.5 Å². The Morgan fingerprint density at radius 2 is 1.85 bits per heavy atom. The van der Waals surface area contributed by atoms with E-state index in [4.69, 9.17) is 10.4 Å². The molecular formula is C22H22N4O. The molecule has 0 aliphatic heterocycles. The van der Waals surface area contributed by atoms with Gasteiger partial charge in [-0.05, 0) is 61.8 Å².